The molecule has 5 rings (SSSR count). The normalized spacial score (nSPS) is 28.1. The summed E-state index contributed by atoms with van der Waals surface area (Å²) in [6.07, 6.45) is 4.39. The van der Waals surface area contributed by atoms with Gasteiger partial charge in [0.1, 0.15) is 12.6 Å². The molecule has 246 valence electrons. The van der Waals surface area contributed by atoms with E-state index in [-0.39, 0.29) is 42.0 Å². The average molecular weight is 649 g/mol. The van der Waals surface area contributed by atoms with E-state index in [0.717, 1.165) is 24.5 Å². The molecule has 0 aliphatic heterocycles. The van der Waals surface area contributed by atoms with Gasteiger partial charge in [-0.1, -0.05) is 121 Å². The molecule has 0 unspecified atom stereocenters. The quantitative estimate of drug-likeness (QED) is 0.118. The second kappa shape index (κ2) is 13.0. The summed E-state index contributed by atoms with van der Waals surface area (Å²) in [7, 11) is -4.03. The number of Topliss-reactive ketones (excluding diaryl/α,β-unsaturated/α-hetero) is 1. The molecule has 3 aliphatic carbocycles. The summed E-state index contributed by atoms with van der Waals surface area (Å²) >= 11 is 0. The number of carbonyl (C=O) groups excluding carboxylic acids is 1. The van der Waals surface area contributed by atoms with Crippen molar-refractivity contribution in [2.75, 3.05) is 26.6 Å². The SMILES string of the molecule is CC1(C)[C@@H]2[C@H]1CC[C@]1(OCOCC[Si](C)(C)C)[C@H](CO)C(=O)CC(CO[Si](c3ccccc3)(c3ccccc3)C(C)(C)C)=C[C@@H]21. The first-order chi connectivity index (χ1) is 21.2. The number of ketones is 1. The lowest BCUT2D eigenvalue weighted by atomic mass is 9.67. The molecule has 2 aromatic carbocycles. The minimum Gasteiger partial charge on any atom is -0.403 e. The zero-order chi connectivity index (χ0) is 32.7. The van der Waals surface area contributed by atoms with Gasteiger partial charge in [-0.25, -0.2) is 0 Å². The van der Waals surface area contributed by atoms with Crippen LogP contribution < -0.4 is 10.4 Å². The van der Waals surface area contributed by atoms with Crippen molar-refractivity contribution >= 4 is 32.5 Å². The Morgan fingerprint density at radius 1 is 0.956 bits per heavy atom. The first-order valence-electron chi connectivity index (χ1n) is 17.0. The highest BCUT2D eigenvalue weighted by molar-refractivity contribution is 6.99. The summed E-state index contributed by atoms with van der Waals surface area (Å²) in [6.45, 7) is 19.6. The van der Waals surface area contributed by atoms with Crippen molar-refractivity contribution in [3.8, 4) is 0 Å². The van der Waals surface area contributed by atoms with Gasteiger partial charge in [0, 0.05) is 27.0 Å². The summed E-state index contributed by atoms with van der Waals surface area (Å²) in [5.41, 5.74) is 0.423. The monoisotopic (exact) mass is 648 g/mol. The molecular weight excluding hydrogens is 593 g/mol. The Hall–Kier alpha value is -1.88. The summed E-state index contributed by atoms with van der Waals surface area (Å²) in [5.74, 6) is 0.484. The van der Waals surface area contributed by atoms with Crippen LogP contribution in [0, 0.1) is 29.1 Å². The van der Waals surface area contributed by atoms with Crippen molar-refractivity contribution in [2.45, 2.75) is 90.2 Å². The van der Waals surface area contributed by atoms with Crippen LogP contribution >= 0.6 is 0 Å². The fourth-order valence-corrected chi connectivity index (χ4v) is 14.0. The lowest BCUT2D eigenvalue weighted by Crippen LogP contribution is -2.66. The van der Waals surface area contributed by atoms with Gasteiger partial charge >= 0.3 is 0 Å². The summed E-state index contributed by atoms with van der Waals surface area (Å²) in [4.78, 5) is 14.1. The minimum atomic E-state index is -2.79. The van der Waals surface area contributed by atoms with E-state index in [1.54, 1.807) is 0 Å². The van der Waals surface area contributed by atoms with E-state index in [4.69, 9.17) is 13.9 Å². The van der Waals surface area contributed by atoms with E-state index in [0.29, 0.717) is 25.0 Å². The molecule has 0 heterocycles. The number of aliphatic hydroxyl groups excluding tert-OH is 1. The van der Waals surface area contributed by atoms with Gasteiger partial charge in [-0.15, -0.1) is 0 Å². The first-order valence-corrected chi connectivity index (χ1v) is 22.6. The highest BCUT2D eigenvalue weighted by Crippen LogP contribution is 2.71. The molecule has 3 aliphatic rings. The molecule has 7 heteroatoms. The second-order valence-corrected chi connectivity index (χ2v) is 26.5. The van der Waals surface area contributed by atoms with E-state index >= 15 is 0 Å². The van der Waals surface area contributed by atoms with E-state index in [1.165, 1.54) is 10.4 Å². The van der Waals surface area contributed by atoms with Crippen LogP contribution in [0.15, 0.2) is 72.3 Å². The van der Waals surface area contributed by atoms with Gasteiger partial charge in [-0.2, -0.15) is 0 Å². The summed E-state index contributed by atoms with van der Waals surface area (Å²) in [5, 5.41) is 13.1. The van der Waals surface area contributed by atoms with Gasteiger partial charge < -0.3 is 19.0 Å². The number of benzene rings is 2. The number of rotatable bonds is 12. The van der Waals surface area contributed by atoms with Crippen molar-refractivity contribution in [1.29, 1.82) is 0 Å². The van der Waals surface area contributed by atoms with Crippen LogP contribution in [0.1, 0.15) is 53.9 Å². The van der Waals surface area contributed by atoms with E-state index < -0.39 is 27.9 Å². The smallest absolute Gasteiger partial charge is 0.261 e. The lowest BCUT2D eigenvalue weighted by Gasteiger charge is -2.46. The zero-order valence-electron chi connectivity index (χ0n) is 28.9. The maximum Gasteiger partial charge on any atom is 0.261 e. The van der Waals surface area contributed by atoms with Crippen molar-refractivity contribution in [3.63, 3.8) is 0 Å². The molecule has 5 nitrogen and oxygen atoms in total. The number of ether oxygens (including phenoxy) is 2. The topological polar surface area (TPSA) is 65.0 Å². The Balaban J connectivity index is 1.51. The Labute approximate surface area is 273 Å². The van der Waals surface area contributed by atoms with Crippen LogP contribution in [0.3, 0.4) is 0 Å². The molecule has 0 bridgehead atoms. The van der Waals surface area contributed by atoms with E-state index in [2.05, 4.69) is 121 Å². The molecule has 1 N–H and O–H groups in total. The van der Waals surface area contributed by atoms with Crippen LogP contribution in [0.4, 0.5) is 0 Å². The fourth-order valence-electron chi connectivity index (χ4n) is 8.66. The maximum atomic E-state index is 14.1. The minimum absolute atomic E-state index is 0.0215. The van der Waals surface area contributed by atoms with Crippen molar-refractivity contribution in [2.24, 2.45) is 29.1 Å². The Morgan fingerprint density at radius 3 is 2.09 bits per heavy atom. The maximum absolute atomic E-state index is 14.1. The van der Waals surface area contributed by atoms with Crippen molar-refractivity contribution in [3.05, 3.63) is 72.3 Å². The van der Waals surface area contributed by atoms with Gasteiger partial charge in [0.25, 0.3) is 8.32 Å². The van der Waals surface area contributed by atoms with Crippen LogP contribution in [0.5, 0.6) is 0 Å². The van der Waals surface area contributed by atoms with Crippen molar-refractivity contribution in [1.82, 2.24) is 0 Å². The van der Waals surface area contributed by atoms with Gasteiger partial charge in [0.15, 0.2) is 0 Å². The van der Waals surface area contributed by atoms with Crippen LogP contribution in [0.2, 0.25) is 30.7 Å². The van der Waals surface area contributed by atoms with Crippen molar-refractivity contribution < 1.29 is 23.8 Å². The molecule has 2 fully saturated rings. The number of carbonyl (C=O) groups is 1. The van der Waals surface area contributed by atoms with Gasteiger partial charge in [0.05, 0.1) is 24.7 Å². The molecule has 0 spiro atoms. The third-order valence-electron chi connectivity index (χ3n) is 11.2. The lowest BCUT2D eigenvalue weighted by molar-refractivity contribution is -0.201. The van der Waals surface area contributed by atoms with E-state index in [1.807, 2.05) is 0 Å². The largest absolute Gasteiger partial charge is 0.403 e. The first kappa shape index (κ1) is 34.5. The number of fused-ring (bicyclic) bond motifs is 3. The highest BCUT2D eigenvalue weighted by atomic mass is 28.4. The third kappa shape index (κ3) is 6.63. The molecule has 0 amide bonds. The molecule has 45 heavy (non-hydrogen) atoms. The summed E-state index contributed by atoms with van der Waals surface area (Å²) in [6, 6.07) is 22.4. The van der Waals surface area contributed by atoms with E-state index in [9.17, 15) is 9.90 Å². The van der Waals surface area contributed by atoms with Crippen LogP contribution in [0.25, 0.3) is 0 Å². The predicted molar refractivity (Wildman–Crippen MR) is 188 cm³/mol. The standard InChI is InChI=1S/C38H56O5Si2/c1-36(2,3)45(29-15-11-9-12-16-29,30-17-13-10-14-18-30)43-26-28-23-32-35-31(37(35,4)5)19-20-38(32,33(25-39)34(40)24-28)42-27-41-21-22-44(6,7)8/h9-18,23,31-33,35,39H,19-22,24-27H2,1-8H3/t31-,32+,33-,35-,38-/m1/s1. The zero-order valence-corrected chi connectivity index (χ0v) is 30.9. The molecule has 5 atom stereocenters. The highest BCUT2D eigenvalue weighted by Gasteiger charge is 2.69. The predicted octanol–water partition coefficient (Wildman–Crippen LogP) is 6.82. The third-order valence-corrected chi connectivity index (χ3v) is 17.9. The molecule has 0 radical (unpaired) electrons. The second-order valence-electron chi connectivity index (χ2n) is 16.6. The molecule has 2 aromatic rings. The fraction of sp³-hybridized carbons (Fsp3) is 0.605. The van der Waals surface area contributed by atoms with Crippen LogP contribution in [-0.2, 0) is 18.7 Å². The van der Waals surface area contributed by atoms with Crippen LogP contribution in [-0.4, -0.2) is 59.5 Å². The number of aliphatic hydroxyl groups is 1. The number of hydrogen-bond donors (Lipinski definition) is 1. The molecule has 2 saturated carbocycles. The van der Waals surface area contributed by atoms with Gasteiger partial charge in [-0.05, 0) is 57.1 Å². The average Bonchev–Trinajstić information content (AvgIpc) is 3.57. The van der Waals surface area contributed by atoms with Gasteiger partial charge in [-0.3, -0.25) is 4.79 Å². The summed E-state index contributed by atoms with van der Waals surface area (Å²) < 4.78 is 20.1. The number of hydrogen-bond acceptors (Lipinski definition) is 5. The Morgan fingerprint density at radius 2 is 1.56 bits per heavy atom. The molecule has 0 aromatic heterocycles. The Bertz CT molecular complexity index is 1300. The molecular formula is C38H56O5Si2. The van der Waals surface area contributed by atoms with Gasteiger partial charge in [0.2, 0.25) is 0 Å². The Kier molecular flexibility index (Phi) is 9.93. The molecule has 0 saturated heterocycles.